The van der Waals surface area contributed by atoms with Gasteiger partial charge in [0.1, 0.15) is 0 Å². The number of H-pyrrole nitrogens is 1. The van der Waals surface area contributed by atoms with Gasteiger partial charge in [0.15, 0.2) is 0 Å². The van der Waals surface area contributed by atoms with Crippen molar-refractivity contribution in [3.63, 3.8) is 0 Å². The molecule has 1 heterocycles. The molecule has 1 aromatic carbocycles. The third kappa shape index (κ3) is 1.85. The Morgan fingerprint density at radius 3 is 2.22 bits per heavy atom. The molecule has 0 saturated heterocycles. The van der Waals surface area contributed by atoms with E-state index in [0.717, 1.165) is 12.8 Å². The highest BCUT2D eigenvalue weighted by molar-refractivity contribution is 5.85. The molecular weight excluding hydrogens is 244 g/mol. The van der Waals surface area contributed by atoms with Gasteiger partial charge in [0.2, 0.25) is 0 Å². The lowest BCUT2D eigenvalue weighted by molar-refractivity contribution is 0.314. The van der Waals surface area contributed by atoms with Gasteiger partial charge in [-0.3, -0.25) is 0 Å². The van der Waals surface area contributed by atoms with Crippen LogP contribution in [-0.2, 0) is 18.3 Å². The molecule has 0 aliphatic heterocycles. The quantitative estimate of drug-likeness (QED) is 0.881. The van der Waals surface area contributed by atoms with E-state index in [1.165, 1.54) is 16.8 Å². The van der Waals surface area contributed by atoms with Crippen molar-refractivity contribution >= 4 is 12.4 Å². The molecule has 18 heavy (non-hydrogen) atoms. The summed E-state index contributed by atoms with van der Waals surface area (Å²) >= 11 is 0. The first-order chi connectivity index (χ1) is 8.22. The Balaban J connectivity index is 0.00000120. The molecular formula is C15H19ClN2. The summed E-state index contributed by atoms with van der Waals surface area (Å²) in [5, 5.41) is 0. The highest BCUT2D eigenvalue weighted by Gasteiger charge is 2.42. The molecule has 0 spiro atoms. The van der Waals surface area contributed by atoms with Gasteiger partial charge in [-0.2, -0.15) is 0 Å². The standard InChI is InChI=1S/C15H18N2.ClH/c1-11(2)15(14-9-16-10-17-14)7-12-5-3-4-6-13(12)8-15;/h3-6,9-11H,7-8H2,1-2H3,(H,16,17);1H. The maximum absolute atomic E-state index is 4.20. The number of aromatic nitrogens is 2. The van der Waals surface area contributed by atoms with Gasteiger partial charge in [-0.05, 0) is 29.9 Å². The summed E-state index contributed by atoms with van der Waals surface area (Å²) in [6.07, 6.45) is 6.04. The van der Waals surface area contributed by atoms with Crippen molar-refractivity contribution in [2.24, 2.45) is 5.92 Å². The average molecular weight is 263 g/mol. The molecule has 0 fully saturated rings. The number of rotatable bonds is 2. The van der Waals surface area contributed by atoms with Crippen LogP contribution >= 0.6 is 12.4 Å². The predicted octanol–water partition coefficient (Wildman–Crippen LogP) is 3.52. The molecule has 0 atom stereocenters. The zero-order valence-electron chi connectivity index (χ0n) is 10.8. The summed E-state index contributed by atoms with van der Waals surface area (Å²) in [6.45, 7) is 4.62. The summed E-state index contributed by atoms with van der Waals surface area (Å²) in [6, 6.07) is 8.80. The molecule has 0 amide bonds. The second-order valence-corrected chi connectivity index (χ2v) is 5.40. The lowest BCUT2D eigenvalue weighted by Crippen LogP contribution is -2.33. The third-order valence-corrected chi connectivity index (χ3v) is 4.27. The van der Waals surface area contributed by atoms with E-state index in [4.69, 9.17) is 0 Å². The smallest absolute Gasteiger partial charge is 0.0921 e. The maximum Gasteiger partial charge on any atom is 0.0921 e. The zero-order valence-corrected chi connectivity index (χ0v) is 11.6. The van der Waals surface area contributed by atoms with Gasteiger partial charge >= 0.3 is 0 Å². The van der Waals surface area contributed by atoms with Crippen molar-refractivity contribution in [2.75, 3.05) is 0 Å². The fourth-order valence-corrected chi connectivity index (χ4v) is 3.08. The lowest BCUT2D eigenvalue weighted by atomic mass is 9.72. The van der Waals surface area contributed by atoms with Crippen molar-refractivity contribution in [3.8, 4) is 0 Å². The highest BCUT2D eigenvalue weighted by Crippen LogP contribution is 2.43. The van der Waals surface area contributed by atoms with Crippen LogP contribution in [-0.4, -0.2) is 9.97 Å². The van der Waals surface area contributed by atoms with E-state index in [1.807, 2.05) is 6.20 Å². The molecule has 1 aliphatic carbocycles. The van der Waals surface area contributed by atoms with Gasteiger partial charge < -0.3 is 4.98 Å². The first-order valence-electron chi connectivity index (χ1n) is 6.28. The molecule has 0 saturated carbocycles. The van der Waals surface area contributed by atoms with Crippen LogP contribution in [0.2, 0.25) is 0 Å². The predicted molar refractivity (Wildman–Crippen MR) is 76.2 cm³/mol. The van der Waals surface area contributed by atoms with Gasteiger partial charge in [0, 0.05) is 17.3 Å². The summed E-state index contributed by atoms with van der Waals surface area (Å²) in [7, 11) is 0. The summed E-state index contributed by atoms with van der Waals surface area (Å²) in [4.78, 5) is 7.53. The Bertz CT molecular complexity index is 492. The van der Waals surface area contributed by atoms with E-state index in [2.05, 4.69) is 48.1 Å². The summed E-state index contributed by atoms with van der Waals surface area (Å²) in [5.74, 6) is 0.607. The minimum atomic E-state index is 0. The fourth-order valence-electron chi connectivity index (χ4n) is 3.08. The van der Waals surface area contributed by atoms with Crippen molar-refractivity contribution in [3.05, 3.63) is 53.6 Å². The molecule has 3 rings (SSSR count). The van der Waals surface area contributed by atoms with E-state index < -0.39 is 0 Å². The zero-order chi connectivity index (χ0) is 11.9. The Morgan fingerprint density at radius 1 is 1.17 bits per heavy atom. The second-order valence-electron chi connectivity index (χ2n) is 5.40. The van der Waals surface area contributed by atoms with Crippen molar-refractivity contribution in [2.45, 2.75) is 32.1 Å². The Kier molecular flexibility index (Phi) is 3.49. The van der Waals surface area contributed by atoms with Crippen LogP contribution in [0, 0.1) is 5.92 Å². The topological polar surface area (TPSA) is 28.7 Å². The van der Waals surface area contributed by atoms with Crippen molar-refractivity contribution < 1.29 is 0 Å². The van der Waals surface area contributed by atoms with E-state index in [1.54, 1.807) is 6.33 Å². The number of hydrogen-bond donors (Lipinski definition) is 1. The van der Waals surface area contributed by atoms with Gasteiger partial charge in [-0.25, -0.2) is 4.98 Å². The first-order valence-corrected chi connectivity index (χ1v) is 6.28. The molecule has 0 radical (unpaired) electrons. The normalized spacial score (nSPS) is 16.4. The number of fused-ring (bicyclic) bond motifs is 1. The number of halogens is 1. The molecule has 1 N–H and O–H groups in total. The first kappa shape index (κ1) is 13.2. The number of imidazole rings is 1. The summed E-state index contributed by atoms with van der Waals surface area (Å²) in [5.41, 5.74) is 4.48. The molecule has 3 heteroatoms. The van der Waals surface area contributed by atoms with Crippen molar-refractivity contribution in [1.29, 1.82) is 0 Å². The van der Waals surface area contributed by atoms with Crippen LogP contribution in [0.4, 0.5) is 0 Å². The lowest BCUT2D eigenvalue weighted by Gasteiger charge is -2.32. The minimum absolute atomic E-state index is 0. The third-order valence-electron chi connectivity index (χ3n) is 4.27. The van der Waals surface area contributed by atoms with E-state index in [-0.39, 0.29) is 17.8 Å². The molecule has 2 aromatic rings. The van der Waals surface area contributed by atoms with Crippen LogP contribution < -0.4 is 0 Å². The van der Waals surface area contributed by atoms with E-state index >= 15 is 0 Å². The van der Waals surface area contributed by atoms with Crippen molar-refractivity contribution in [1.82, 2.24) is 9.97 Å². The SMILES string of the molecule is CC(C)C1(c2cnc[nH]2)Cc2ccccc2C1.Cl. The van der Waals surface area contributed by atoms with Crippen LogP contribution in [0.15, 0.2) is 36.8 Å². The van der Waals surface area contributed by atoms with Gasteiger partial charge in [-0.15, -0.1) is 12.4 Å². The number of benzene rings is 1. The van der Waals surface area contributed by atoms with Crippen LogP contribution in [0.25, 0.3) is 0 Å². The average Bonchev–Trinajstić information content (AvgIpc) is 2.96. The molecule has 1 aromatic heterocycles. The molecule has 0 unspecified atom stereocenters. The molecule has 0 bridgehead atoms. The number of nitrogens with one attached hydrogen (secondary N) is 1. The van der Waals surface area contributed by atoms with Crippen LogP contribution in [0.5, 0.6) is 0 Å². The van der Waals surface area contributed by atoms with E-state index in [0.29, 0.717) is 5.92 Å². The monoisotopic (exact) mass is 262 g/mol. The number of nitrogens with zero attached hydrogens (tertiary/aromatic N) is 1. The van der Waals surface area contributed by atoms with Gasteiger partial charge in [0.05, 0.1) is 6.33 Å². The fraction of sp³-hybridized carbons (Fsp3) is 0.400. The Morgan fingerprint density at radius 2 is 1.78 bits per heavy atom. The number of hydrogen-bond acceptors (Lipinski definition) is 1. The number of aromatic amines is 1. The molecule has 1 aliphatic rings. The maximum atomic E-state index is 4.20. The molecule has 2 nitrogen and oxygen atoms in total. The highest BCUT2D eigenvalue weighted by atomic mass is 35.5. The Hall–Kier alpha value is -1.28. The summed E-state index contributed by atoms with van der Waals surface area (Å²) < 4.78 is 0. The van der Waals surface area contributed by atoms with Crippen LogP contribution in [0.3, 0.4) is 0 Å². The minimum Gasteiger partial charge on any atom is -0.348 e. The Labute approximate surface area is 114 Å². The second kappa shape index (κ2) is 4.77. The van der Waals surface area contributed by atoms with Gasteiger partial charge in [0.25, 0.3) is 0 Å². The van der Waals surface area contributed by atoms with E-state index in [9.17, 15) is 0 Å². The van der Waals surface area contributed by atoms with Crippen LogP contribution in [0.1, 0.15) is 30.7 Å². The van der Waals surface area contributed by atoms with Gasteiger partial charge in [-0.1, -0.05) is 38.1 Å². The molecule has 96 valence electrons. The largest absolute Gasteiger partial charge is 0.348 e.